The van der Waals surface area contributed by atoms with Gasteiger partial charge in [-0.05, 0) is 48.7 Å². The first kappa shape index (κ1) is 25.2. The van der Waals surface area contributed by atoms with Crippen LogP contribution in [0.25, 0.3) is 10.9 Å². The largest absolute Gasteiger partial charge is 0.493 e. The van der Waals surface area contributed by atoms with Gasteiger partial charge in [0.2, 0.25) is 6.35 Å². The van der Waals surface area contributed by atoms with Crippen molar-refractivity contribution in [3.63, 3.8) is 0 Å². The minimum absolute atomic E-state index is 0.0802. The van der Waals surface area contributed by atoms with Crippen LogP contribution in [0, 0.1) is 0 Å². The normalized spacial score (nSPS) is 18.3. The molecule has 35 heavy (non-hydrogen) atoms. The first-order valence-electron chi connectivity index (χ1n) is 11.3. The van der Waals surface area contributed by atoms with E-state index < -0.39 is 18.3 Å². The summed E-state index contributed by atoms with van der Waals surface area (Å²) in [5.74, 6) is 2.74. The Balaban J connectivity index is 1.87. The first-order valence-corrected chi connectivity index (χ1v) is 15.0. The lowest BCUT2D eigenvalue weighted by atomic mass is 10.1. The molecule has 1 atom stereocenters. The Morgan fingerprint density at radius 1 is 1.06 bits per heavy atom. The van der Waals surface area contributed by atoms with Crippen LogP contribution in [0.3, 0.4) is 0 Å². The molecule has 0 bridgehead atoms. The van der Waals surface area contributed by atoms with E-state index in [2.05, 4.69) is 6.30 Å². The van der Waals surface area contributed by atoms with E-state index in [-0.39, 0.29) is 23.8 Å². The smallest absolute Gasteiger partial charge is 0.332 e. The fourth-order valence-corrected chi connectivity index (χ4v) is 5.97. The maximum atomic E-state index is 13.7. The highest BCUT2D eigenvalue weighted by atomic mass is 32.2. The standard InChI is InChI=1S/C25H30N2O6PS/c1-31-22-8-5-17(13-23(22)32-2)15-26-24(28)20-14-19(33-16-34(3)4)6-7-21(20)27(25(26)29)18-9-11-35(30)12-10-18/h5-8,13-14,18H,3,9-12,15-16H2,1-2,4H3/q+1. The molecule has 4 rings (SSSR count). The number of benzene rings is 2. The number of hydrogen-bond acceptors (Lipinski definition) is 6. The molecule has 1 aromatic heterocycles. The van der Waals surface area contributed by atoms with E-state index in [0.717, 1.165) is 5.56 Å². The van der Waals surface area contributed by atoms with E-state index in [9.17, 15) is 13.8 Å². The minimum atomic E-state index is -0.868. The predicted octanol–water partition coefficient (Wildman–Crippen LogP) is 3.19. The monoisotopic (exact) mass is 517 g/mol. The Hall–Kier alpha value is -2.90. The highest BCUT2D eigenvalue weighted by Gasteiger charge is 2.25. The minimum Gasteiger partial charge on any atom is -0.493 e. The molecule has 1 aliphatic rings. The zero-order valence-corrected chi connectivity index (χ0v) is 21.9. The third-order valence-electron chi connectivity index (χ3n) is 6.10. The molecule has 3 aromatic rings. The van der Waals surface area contributed by atoms with Crippen LogP contribution in [-0.2, 0) is 17.3 Å². The van der Waals surface area contributed by atoms with Crippen molar-refractivity contribution in [2.24, 2.45) is 0 Å². The third-order valence-corrected chi connectivity index (χ3v) is 8.05. The molecule has 1 saturated heterocycles. The molecule has 0 aliphatic carbocycles. The molecular formula is C25H30N2O6PS+. The summed E-state index contributed by atoms with van der Waals surface area (Å²) in [5, 5.41) is 0.416. The summed E-state index contributed by atoms with van der Waals surface area (Å²) in [7, 11) is 1.71. The van der Waals surface area contributed by atoms with Gasteiger partial charge in [-0.15, -0.1) is 0 Å². The highest BCUT2D eigenvalue weighted by Crippen LogP contribution is 2.29. The average molecular weight is 518 g/mol. The Labute approximate surface area is 207 Å². The van der Waals surface area contributed by atoms with Gasteiger partial charge < -0.3 is 14.2 Å². The van der Waals surface area contributed by atoms with Crippen LogP contribution in [0.2, 0.25) is 0 Å². The summed E-state index contributed by atoms with van der Waals surface area (Å²) in [5.41, 5.74) is 0.549. The Morgan fingerprint density at radius 3 is 2.43 bits per heavy atom. The Morgan fingerprint density at radius 2 is 1.77 bits per heavy atom. The van der Waals surface area contributed by atoms with E-state index >= 15 is 0 Å². The topological polar surface area (TPSA) is 88.8 Å². The second-order valence-electron chi connectivity index (χ2n) is 8.62. The van der Waals surface area contributed by atoms with Crippen molar-refractivity contribution in [2.45, 2.75) is 25.4 Å². The van der Waals surface area contributed by atoms with Crippen LogP contribution in [0.15, 0.2) is 46.0 Å². The van der Waals surface area contributed by atoms with Crippen molar-refractivity contribution in [3.8, 4) is 17.2 Å². The summed E-state index contributed by atoms with van der Waals surface area (Å²) >= 11 is 0. The van der Waals surface area contributed by atoms with Crippen LogP contribution in [0.1, 0.15) is 24.4 Å². The van der Waals surface area contributed by atoms with Crippen molar-refractivity contribution in [1.29, 1.82) is 0 Å². The summed E-state index contributed by atoms with van der Waals surface area (Å²) in [4.78, 5) is 27.3. The van der Waals surface area contributed by atoms with Crippen LogP contribution < -0.4 is 25.5 Å². The first-order chi connectivity index (χ1) is 16.8. The van der Waals surface area contributed by atoms with Crippen molar-refractivity contribution in [3.05, 3.63) is 62.8 Å². The predicted molar refractivity (Wildman–Crippen MR) is 143 cm³/mol. The highest BCUT2D eigenvalue weighted by molar-refractivity contribution is 7.85. The number of fused-ring (bicyclic) bond motifs is 1. The average Bonchev–Trinajstić information content (AvgIpc) is 2.86. The second-order valence-corrected chi connectivity index (χ2v) is 12.3. The maximum absolute atomic E-state index is 13.7. The molecule has 0 amide bonds. The van der Waals surface area contributed by atoms with Crippen LogP contribution in [0.5, 0.6) is 17.2 Å². The van der Waals surface area contributed by atoms with E-state index in [0.29, 0.717) is 58.8 Å². The number of hydrogen-bond donors (Lipinski definition) is 0. The molecule has 10 heteroatoms. The second kappa shape index (κ2) is 10.8. The Bertz CT molecular complexity index is 1400. The molecule has 1 unspecified atom stereocenters. The van der Waals surface area contributed by atoms with Gasteiger partial charge in [0.1, 0.15) is 13.3 Å². The summed E-state index contributed by atoms with van der Waals surface area (Å²) < 4.78 is 31.4. The molecule has 0 saturated carbocycles. The number of nitrogens with zero attached hydrogens (tertiary/aromatic N) is 2. The van der Waals surface area contributed by atoms with Crippen LogP contribution >= 0.6 is 7.55 Å². The van der Waals surface area contributed by atoms with Gasteiger partial charge >= 0.3 is 5.69 Å². The molecule has 8 nitrogen and oxygen atoms in total. The van der Waals surface area contributed by atoms with Gasteiger partial charge in [-0.25, -0.2) is 4.79 Å². The van der Waals surface area contributed by atoms with Crippen molar-refractivity contribution >= 4 is 35.5 Å². The lowest BCUT2D eigenvalue weighted by Gasteiger charge is -2.26. The summed E-state index contributed by atoms with van der Waals surface area (Å²) in [6.45, 7) is 2.09. The molecule has 1 fully saturated rings. The van der Waals surface area contributed by atoms with Gasteiger partial charge in [-0.1, -0.05) is 6.07 Å². The fraction of sp³-hybridized carbons (Fsp3) is 0.400. The number of ether oxygens (including phenoxy) is 3. The van der Waals surface area contributed by atoms with Gasteiger partial charge in [0.15, 0.2) is 11.5 Å². The van der Waals surface area contributed by atoms with Gasteiger partial charge in [-0.2, -0.15) is 0 Å². The number of rotatable bonds is 8. The molecule has 2 aromatic carbocycles. The molecule has 1 aliphatic heterocycles. The van der Waals surface area contributed by atoms with Crippen LogP contribution in [-0.4, -0.2) is 58.4 Å². The molecule has 0 radical (unpaired) electrons. The van der Waals surface area contributed by atoms with E-state index in [4.69, 9.17) is 14.2 Å². The summed E-state index contributed by atoms with van der Waals surface area (Å²) in [6.07, 6.45) is 5.72. The molecule has 0 spiro atoms. The van der Waals surface area contributed by atoms with Crippen molar-refractivity contribution in [1.82, 2.24) is 9.13 Å². The Kier molecular flexibility index (Phi) is 7.77. The lowest BCUT2D eigenvalue weighted by molar-refractivity contribution is 0.354. The zero-order valence-electron chi connectivity index (χ0n) is 20.2. The van der Waals surface area contributed by atoms with Crippen molar-refractivity contribution < 1.29 is 18.4 Å². The quantitative estimate of drug-likeness (QED) is 0.427. The van der Waals surface area contributed by atoms with E-state index in [1.807, 2.05) is 12.7 Å². The SMILES string of the molecule is C=[P+](C)COc1ccc2c(c1)c(=O)n(Cc1ccc(OC)c(OC)c1)c(=O)n2C1CCS(=O)CC1. The molecule has 2 heterocycles. The van der Waals surface area contributed by atoms with E-state index in [1.165, 1.54) is 4.57 Å². The molecule has 186 valence electrons. The lowest BCUT2D eigenvalue weighted by Crippen LogP contribution is -2.42. The van der Waals surface area contributed by atoms with E-state index in [1.54, 1.807) is 49.1 Å². The van der Waals surface area contributed by atoms with Crippen LogP contribution in [0.4, 0.5) is 0 Å². The fourth-order valence-electron chi connectivity index (χ4n) is 4.33. The molecule has 0 N–H and O–H groups in total. The summed E-state index contributed by atoms with van der Waals surface area (Å²) in [6, 6.07) is 10.5. The number of methoxy groups -OCH3 is 2. The number of aromatic nitrogens is 2. The maximum Gasteiger partial charge on any atom is 0.332 e. The van der Waals surface area contributed by atoms with Gasteiger partial charge in [0.25, 0.3) is 5.56 Å². The van der Waals surface area contributed by atoms with Gasteiger partial charge in [0, 0.05) is 28.3 Å². The van der Waals surface area contributed by atoms with Gasteiger partial charge in [0.05, 0.1) is 44.6 Å². The third kappa shape index (κ3) is 5.36. The van der Waals surface area contributed by atoms with Crippen molar-refractivity contribution in [2.75, 3.05) is 38.7 Å². The molecular weight excluding hydrogens is 487 g/mol. The van der Waals surface area contributed by atoms with Gasteiger partial charge in [-0.3, -0.25) is 18.1 Å². The zero-order chi connectivity index (χ0) is 25.1.